The van der Waals surface area contributed by atoms with E-state index in [9.17, 15) is 0 Å². The first-order chi connectivity index (χ1) is 12.6. The Labute approximate surface area is 153 Å². The molecule has 0 amide bonds. The molecule has 1 aromatic heterocycles. The lowest BCUT2D eigenvalue weighted by atomic mass is 10.2. The summed E-state index contributed by atoms with van der Waals surface area (Å²) in [4.78, 5) is 11.0. The van der Waals surface area contributed by atoms with E-state index in [0.29, 0.717) is 18.3 Å². The minimum atomic E-state index is 0.431. The monoisotopic (exact) mass is 349 g/mol. The Morgan fingerprint density at radius 1 is 1.00 bits per heavy atom. The number of rotatable bonds is 7. The van der Waals surface area contributed by atoms with Crippen molar-refractivity contribution in [1.29, 1.82) is 0 Å². The molecule has 0 fully saturated rings. The first-order valence-corrected chi connectivity index (χ1v) is 8.40. The fourth-order valence-electron chi connectivity index (χ4n) is 2.75. The zero-order valence-corrected chi connectivity index (χ0v) is 15.0. The van der Waals surface area contributed by atoms with Crippen LogP contribution in [0.3, 0.4) is 0 Å². The molecule has 3 rings (SSSR count). The van der Waals surface area contributed by atoms with Gasteiger partial charge in [-0.2, -0.15) is 4.98 Å². The smallest absolute Gasteiger partial charge is 0.229 e. The highest BCUT2D eigenvalue weighted by Crippen LogP contribution is 2.26. The van der Waals surface area contributed by atoms with E-state index in [1.807, 2.05) is 42.5 Å². The number of methoxy groups -OCH3 is 1. The van der Waals surface area contributed by atoms with Gasteiger partial charge in [0.2, 0.25) is 5.95 Å². The largest absolute Gasteiger partial charge is 0.495 e. The van der Waals surface area contributed by atoms with Crippen LogP contribution in [0.5, 0.6) is 5.75 Å². The van der Waals surface area contributed by atoms with Gasteiger partial charge in [0.05, 0.1) is 18.5 Å². The second kappa shape index (κ2) is 8.31. The molecule has 3 aromatic rings. The lowest BCUT2D eigenvalue weighted by Gasteiger charge is -2.17. The van der Waals surface area contributed by atoms with Gasteiger partial charge < -0.3 is 15.8 Å². The molecule has 6 heteroatoms. The van der Waals surface area contributed by atoms with Gasteiger partial charge >= 0.3 is 0 Å². The van der Waals surface area contributed by atoms with Crippen molar-refractivity contribution in [1.82, 2.24) is 14.9 Å². The van der Waals surface area contributed by atoms with Crippen molar-refractivity contribution in [3.05, 3.63) is 71.9 Å². The highest BCUT2D eigenvalue weighted by atomic mass is 16.5. The maximum Gasteiger partial charge on any atom is 0.229 e. The first kappa shape index (κ1) is 17.7. The Morgan fingerprint density at radius 2 is 1.73 bits per heavy atom. The summed E-state index contributed by atoms with van der Waals surface area (Å²) >= 11 is 0. The molecule has 0 bridgehead atoms. The van der Waals surface area contributed by atoms with Crippen molar-refractivity contribution >= 4 is 17.5 Å². The Hall–Kier alpha value is -3.12. The third kappa shape index (κ3) is 4.70. The average molecular weight is 349 g/mol. The van der Waals surface area contributed by atoms with Gasteiger partial charge in [-0.05, 0) is 24.7 Å². The normalized spacial score (nSPS) is 10.7. The summed E-state index contributed by atoms with van der Waals surface area (Å²) in [6.45, 7) is 1.50. The number of nitrogens with zero attached hydrogens (tertiary/aromatic N) is 3. The first-order valence-electron chi connectivity index (χ1n) is 8.40. The van der Waals surface area contributed by atoms with Crippen LogP contribution in [0.4, 0.5) is 17.5 Å². The zero-order chi connectivity index (χ0) is 18.4. The summed E-state index contributed by atoms with van der Waals surface area (Å²) in [5.74, 6) is 1.61. The molecular weight excluding hydrogens is 326 g/mol. The van der Waals surface area contributed by atoms with Crippen LogP contribution in [0.15, 0.2) is 60.7 Å². The summed E-state index contributed by atoms with van der Waals surface area (Å²) in [5.41, 5.74) is 8.88. The van der Waals surface area contributed by atoms with Crippen molar-refractivity contribution in [2.24, 2.45) is 0 Å². The molecule has 0 spiro atoms. The molecule has 1 heterocycles. The van der Waals surface area contributed by atoms with Gasteiger partial charge in [-0.15, -0.1) is 0 Å². The lowest BCUT2D eigenvalue weighted by Crippen LogP contribution is -2.18. The summed E-state index contributed by atoms with van der Waals surface area (Å²) in [5, 5.41) is 3.18. The van der Waals surface area contributed by atoms with E-state index in [4.69, 9.17) is 10.5 Å². The van der Waals surface area contributed by atoms with Crippen molar-refractivity contribution in [2.45, 2.75) is 13.1 Å². The Balaban J connectivity index is 1.73. The third-order valence-electron chi connectivity index (χ3n) is 3.88. The van der Waals surface area contributed by atoms with Gasteiger partial charge in [0.1, 0.15) is 11.6 Å². The van der Waals surface area contributed by atoms with E-state index < -0.39 is 0 Å². The zero-order valence-electron chi connectivity index (χ0n) is 15.0. The van der Waals surface area contributed by atoms with E-state index >= 15 is 0 Å². The molecule has 6 nitrogen and oxygen atoms in total. The number of hydrogen-bond donors (Lipinski definition) is 2. The fourth-order valence-corrected chi connectivity index (χ4v) is 2.75. The third-order valence-corrected chi connectivity index (χ3v) is 3.88. The molecule has 3 N–H and O–H groups in total. The number of nitrogens with two attached hydrogens (primary N) is 1. The van der Waals surface area contributed by atoms with E-state index in [-0.39, 0.29) is 0 Å². The molecule has 134 valence electrons. The van der Waals surface area contributed by atoms with Crippen molar-refractivity contribution in [2.75, 3.05) is 25.2 Å². The van der Waals surface area contributed by atoms with Crippen LogP contribution in [0.1, 0.15) is 11.3 Å². The molecule has 0 unspecified atom stereocenters. The quantitative estimate of drug-likeness (QED) is 0.680. The van der Waals surface area contributed by atoms with Crippen molar-refractivity contribution in [3.63, 3.8) is 0 Å². The summed E-state index contributed by atoms with van der Waals surface area (Å²) in [6.07, 6.45) is 0. The number of anilines is 3. The van der Waals surface area contributed by atoms with E-state index in [0.717, 1.165) is 23.7 Å². The summed E-state index contributed by atoms with van der Waals surface area (Å²) in [6, 6.07) is 19.7. The molecule has 26 heavy (non-hydrogen) atoms. The number of ether oxygens (including phenoxy) is 1. The van der Waals surface area contributed by atoms with E-state index in [1.165, 1.54) is 5.56 Å². The standard InChI is InChI=1S/C20H23N5O/c1-25(13-15-8-4-3-5-9-15)14-16-12-19(21)24-20(22-16)23-17-10-6-7-11-18(17)26-2/h3-12H,13-14H2,1-2H3,(H3,21,22,23,24). The van der Waals surface area contributed by atoms with E-state index in [1.54, 1.807) is 13.2 Å². The second-order valence-electron chi connectivity index (χ2n) is 6.09. The highest BCUT2D eigenvalue weighted by Gasteiger charge is 2.09. The number of aromatic nitrogens is 2. The molecule has 2 aromatic carbocycles. The second-order valence-corrected chi connectivity index (χ2v) is 6.09. The van der Waals surface area contributed by atoms with Crippen molar-refractivity contribution < 1.29 is 4.74 Å². The van der Waals surface area contributed by atoms with Gasteiger partial charge in [-0.1, -0.05) is 42.5 Å². The maximum absolute atomic E-state index is 5.97. The van der Waals surface area contributed by atoms with Crippen LogP contribution in [0.2, 0.25) is 0 Å². The number of hydrogen-bond acceptors (Lipinski definition) is 6. The Bertz CT molecular complexity index is 854. The molecular formula is C20H23N5O. The van der Waals surface area contributed by atoms with Crippen LogP contribution in [-0.2, 0) is 13.1 Å². The molecule has 0 saturated carbocycles. The molecule has 0 aliphatic rings. The van der Waals surface area contributed by atoms with Crippen LogP contribution >= 0.6 is 0 Å². The summed E-state index contributed by atoms with van der Waals surface area (Å²) < 4.78 is 5.35. The minimum absolute atomic E-state index is 0.431. The molecule has 0 saturated heterocycles. The Morgan fingerprint density at radius 3 is 2.50 bits per heavy atom. The highest BCUT2D eigenvalue weighted by molar-refractivity contribution is 5.62. The lowest BCUT2D eigenvalue weighted by molar-refractivity contribution is 0.315. The van der Waals surface area contributed by atoms with E-state index in [2.05, 4.69) is 39.4 Å². The average Bonchev–Trinajstić information content (AvgIpc) is 2.62. The molecule has 0 aliphatic carbocycles. The topological polar surface area (TPSA) is 76.3 Å². The van der Waals surface area contributed by atoms with Gasteiger partial charge in [0.15, 0.2) is 0 Å². The predicted octanol–water partition coefficient (Wildman–Crippen LogP) is 3.44. The number of benzene rings is 2. The SMILES string of the molecule is COc1ccccc1Nc1nc(N)cc(CN(C)Cc2ccccc2)n1. The number of para-hydroxylation sites is 2. The van der Waals surface area contributed by atoms with Gasteiger partial charge in [0.25, 0.3) is 0 Å². The van der Waals surface area contributed by atoms with Crippen LogP contribution in [0.25, 0.3) is 0 Å². The fraction of sp³-hybridized carbons (Fsp3) is 0.200. The Kier molecular flexibility index (Phi) is 5.66. The maximum atomic E-state index is 5.97. The van der Waals surface area contributed by atoms with Crippen LogP contribution in [0, 0.1) is 0 Å². The van der Waals surface area contributed by atoms with Crippen LogP contribution < -0.4 is 15.8 Å². The minimum Gasteiger partial charge on any atom is -0.495 e. The predicted molar refractivity (Wildman–Crippen MR) is 104 cm³/mol. The molecule has 0 aliphatic heterocycles. The van der Waals surface area contributed by atoms with Gasteiger partial charge in [-0.25, -0.2) is 4.98 Å². The molecule has 0 radical (unpaired) electrons. The van der Waals surface area contributed by atoms with Crippen LogP contribution in [-0.4, -0.2) is 29.0 Å². The van der Waals surface area contributed by atoms with Gasteiger partial charge in [-0.3, -0.25) is 4.90 Å². The summed E-state index contributed by atoms with van der Waals surface area (Å²) in [7, 11) is 3.68. The van der Waals surface area contributed by atoms with Crippen molar-refractivity contribution in [3.8, 4) is 5.75 Å². The van der Waals surface area contributed by atoms with Gasteiger partial charge in [0, 0.05) is 19.2 Å². The number of nitrogen functional groups attached to an aromatic ring is 1. The molecule has 0 atom stereocenters. The number of nitrogens with one attached hydrogen (secondary N) is 1.